The summed E-state index contributed by atoms with van der Waals surface area (Å²) in [5.41, 5.74) is -0.639. The van der Waals surface area contributed by atoms with E-state index in [1.165, 1.54) is 16.8 Å². The molecule has 126 valence electrons. The lowest BCUT2D eigenvalue weighted by Crippen LogP contribution is -2.51. The number of hydrogen-bond donors (Lipinski definition) is 0. The zero-order valence-electron chi connectivity index (χ0n) is 13.8. The van der Waals surface area contributed by atoms with Gasteiger partial charge < -0.3 is 9.47 Å². The van der Waals surface area contributed by atoms with Crippen LogP contribution in [-0.4, -0.2) is 54.2 Å². The lowest BCUT2D eigenvalue weighted by Gasteiger charge is -2.29. The SMILES string of the molecule is CN1C(=O)[C@H](N(C)C(=O)OC(C)(C)C)COc2c(Br)ccnc21. The highest BCUT2D eigenvalue weighted by atomic mass is 79.9. The molecule has 1 aliphatic rings. The number of pyridine rings is 1. The van der Waals surface area contributed by atoms with Gasteiger partial charge in [0.25, 0.3) is 5.91 Å². The minimum atomic E-state index is -0.795. The molecule has 0 saturated carbocycles. The molecule has 0 N–H and O–H groups in total. The summed E-state index contributed by atoms with van der Waals surface area (Å²) < 4.78 is 11.7. The fourth-order valence-corrected chi connectivity index (χ4v) is 2.50. The Hall–Kier alpha value is -1.83. The number of carbonyl (C=O) groups is 2. The normalized spacial score (nSPS) is 17.9. The molecule has 0 bridgehead atoms. The van der Waals surface area contributed by atoms with Crippen molar-refractivity contribution in [1.82, 2.24) is 9.88 Å². The van der Waals surface area contributed by atoms with E-state index in [1.54, 1.807) is 40.1 Å². The van der Waals surface area contributed by atoms with Gasteiger partial charge >= 0.3 is 6.09 Å². The van der Waals surface area contributed by atoms with Crippen LogP contribution in [0.2, 0.25) is 0 Å². The number of fused-ring (bicyclic) bond motifs is 1. The Kier molecular flexibility index (Phi) is 4.84. The number of nitrogens with zero attached hydrogens (tertiary/aromatic N) is 3. The molecule has 0 fully saturated rings. The zero-order chi connectivity index (χ0) is 17.4. The highest BCUT2D eigenvalue weighted by Crippen LogP contribution is 2.35. The molecular formula is C15H20BrN3O4. The van der Waals surface area contributed by atoms with Gasteiger partial charge in [0.15, 0.2) is 11.6 Å². The largest absolute Gasteiger partial charge is 0.486 e. The van der Waals surface area contributed by atoms with Crippen molar-refractivity contribution in [2.75, 3.05) is 25.6 Å². The molecule has 1 aromatic rings. The van der Waals surface area contributed by atoms with Crippen molar-refractivity contribution in [2.45, 2.75) is 32.4 Å². The Labute approximate surface area is 143 Å². The van der Waals surface area contributed by atoms with Crippen LogP contribution in [0.4, 0.5) is 10.6 Å². The fourth-order valence-electron chi connectivity index (χ4n) is 2.09. The molecule has 2 rings (SSSR count). The number of hydrogen-bond acceptors (Lipinski definition) is 5. The summed E-state index contributed by atoms with van der Waals surface area (Å²) in [6.07, 6.45) is 0.999. The molecule has 0 aliphatic carbocycles. The van der Waals surface area contributed by atoms with E-state index in [0.29, 0.717) is 16.0 Å². The van der Waals surface area contributed by atoms with E-state index in [2.05, 4.69) is 20.9 Å². The molecule has 0 radical (unpaired) electrons. The Morgan fingerprint density at radius 2 is 2.17 bits per heavy atom. The first-order valence-corrected chi connectivity index (χ1v) is 7.92. The molecular weight excluding hydrogens is 366 g/mol. The first kappa shape index (κ1) is 17.5. The molecule has 1 atom stereocenters. The van der Waals surface area contributed by atoms with Gasteiger partial charge in [-0.25, -0.2) is 9.78 Å². The van der Waals surface area contributed by atoms with Crippen molar-refractivity contribution in [3.63, 3.8) is 0 Å². The van der Waals surface area contributed by atoms with Crippen LogP contribution < -0.4 is 9.64 Å². The van der Waals surface area contributed by atoms with Crippen LogP contribution >= 0.6 is 15.9 Å². The number of likely N-dealkylation sites (N-methyl/N-ethyl adjacent to an activating group) is 2. The third-order valence-corrected chi connectivity index (χ3v) is 3.93. The second-order valence-corrected chi connectivity index (χ2v) is 7.12. The summed E-state index contributed by atoms with van der Waals surface area (Å²) >= 11 is 3.38. The lowest BCUT2D eigenvalue weighted by atomic mass is 10.2. The Bertz CT molecular complexity index is 630. The average molecular weight is 386 g/mol. The van der Waals surface area contributed by atoms with Gasteiger partial charge in [-0.3, -0.25) is 14.6 Å². The maximum atomic E-state index is 12.7. The topological polar surface area (TPSA) is 72.0 Å². The monoisotopic (exact) mass is 385 g/mol. The number of anilines is 1. The van der Waals surface area contributed by atoms with Crippen LogP contribution in [0.15, 0.2) is 16.7 Å². The summed E-state index contributed by atoms with van der Waals surface area (Å²) in [5.74, 6) is 0.593. The van der Waals surface area contributed by atoms with Crippen LogP contribution in [0.3, 0.4) is 0 Å². The Morgan fingerprint density at radius 3 is 2.78 bits per heavy atom. The van der Waals surface area contributed by atoms with Gasteiger partial charge in [-0.15, -0.1) is 0 Å². The van der Waals surface area contributed by atoms with E-state index in [4.69, 9.17) is 9.47 Å². The molecule has 1 aliphatic heterocycles. The number of amides is 2. The lowest BCUT2D eigenvalue weighted by molar-refractivity contribution is -0.123. The third-order valence-electron chi connectivity index (χ3n) is 3.31. The number of halogens is 1. The van der Waals surface area contributed by atoms with Crippen molar-refractivity contribution in [2.24, 2.45) is 0 Å². The van der Waals surface area contributed by atoms with Crippen molar-refractivity contribution >= 4 is 33.7 Å². The maximum Gasteiger partial charge on any atom is 0.410 e. The predicted molar refractivity (Wildman–Crippen MR) is 88.6 cm³/mol. The standard InChI is InChI=1S/C15H20BrN3O4/c1-15(2,3)23-14(21)18(4)10-8-22-11-9(16)6-7-17-12(11)19(5)13(10)20/h6-7,10H,8H2,1-5H3/t10-/m1/s1. The Balaban J connectivity index is 2.25. The minimum Gasteiger partial charge on any atom is -0.486 e. The molecule has 0 unspecified atom stereocenters. The fraction of sp³-hybridized carbons (Fsp3) is 0.533. The maximum absolute atomic E-state index is 12.7. The summed E-state index contributed by atoms with van der Waals surface area (Å²) in [6.45, 7) is 5.34. The van der Waals surface area contributed by atoms with Gasteiger partial charge in [-0.05, 0) is 42.8 Å². The van der Waals surface area contributed by atoms with Crippen molar-refractivity contribution in [3.05, 3.63) is 16.7 Å². The molecule has 8 heteroatoms. The average Bonchev–Trinajstić information content (AvgIpc) is 2.57. The number of rotatable bonds is 1. The second kappa shape index (κ2) is 6.35. The summed E-state index contributed by atoms with van der Waals surface area (Å²) in [6, 6.07) is 0.936. The number of carbonyl (C=O) groups excluding carboxylic acids is 2. The predicted octanol–water partition coefficient (Wildman–Crippen LogP) is 2.43. The molecule has 2 heterocycles. The minimum absolute atomic E-state index is 0.0240. The summed E-state index contributed by atoms with van der Waals surface area (Å²) in [5, 5.41) is 0. The van der Waals surface area contributed by atoms with Gasteiger partial charge in [0.05, 0.1) is 4.47 Å². The van der Waals surface area contributed by atoms with Gasteiger partial charge in [0.2, 0.25) is 0 Å². The van der Waals surface area contributed by atoms with E-state index in [-0.39, 0.29) is 12.5 Å². The molecule has 1 aromatic heterocycles. The van der Waals surface area contributed by atoms with Crippen molar-refractivity contribution < 1.29 is 19.1 Å². The number of ether oxygens (including phenoxy) is 2. The zero-order valence-corrected chi connectivity index (χ0v) is 15.4. The second-order valence-electron chi connectivity index (χ2n) is 6.26. The third kappa shape index (κ3) is 3.74. The van der Waals surface area contributed by atoms with Crippen LogP contribution in [0.5, 0.6) is 5.75 Å². The number of aromatic nitrogens is 1. The van der Waals surface area contributed by atoms with E-state index < -0.39 is 17.7 Å². The summed E-state index contributed by atoms with van der Waals surface area (Å²) in [7, 11) is 3.12. The first-order valence-electron chi connectivity index (χ1n) is 7.12. The highest BCUT2D eigenvalue weighted by Gasteiger charge is 2.37. The molecule has 0 aromatic carbocycles. The van der Waals surface area contributed by atoms with E-state index in [0.717, 1.165) is 0 Å². The van der Waals surface area contributed by atoms with Gasteiger partial charge in [-0.1, -0.05) is 0 Å². The van der Waals surface area contributed by atoms with E-state index in [9.17, 15) is 9.59 Å². The molecule has 23 heavy (non-hydrogen) atoms. The van der Waals surface area contributed by atoms with Crippen LogP contribution in [0.1, 0.15) is 20.8 Å². The molecule has 0 spiro atoms. The molecule has 0 saturated heterocycles. The van der Waals surface area contributed by atoms with Gasteiger partial charge in [-0.2, -0.15) is 0 Å². The van der Waals surface area contributed by atoms with Gasteiger partial charge in [0, 0.05) is 20.3 Å². The molecule has 7 nitrogen and oxygen atoms in total. The Morgan fingerprint density at radius 1 is 1.52 bits per heavy atom. The van der Waals surface area contributed by atoms with E-state index in [1.807, 2.05) is 0 Å². The van der Waals surface area contributed by atoms with Crippen molar-refractivity contribution in [3.8, 4) is 5.75 Å². The van der Waals surface area contributed by atoms with Crippen LogP contribution in [0, 0.1) is 0 Å². The highest BCUT2D eigenvalue weighted by molar-refractivity contribution is 9.10. The summed E-state index contributed by atoms with van der Waals surface area (Å²) in [4.78, 5) is 31.7. The molecule has 2 amide bonds. The van der Waals surface area contributed by atoms with Crippen LogP contribution in [0.25, 0.3) is 0 Å². The smallest absolute Gasteiger partial charge is 0.410 e. The van der Waals surface area contributed by atoms with E-state index >= 15 is 0 Å². The van der Waals surface area contributed by atoms with Crippen LogP contribution in [-0.2, 0) is 9.53 Å². The quantitative estimate of drug-likeness (QED) is 0.742. The first-order chi connectivity index (χ1) is 10.6. The van der Waals surface area contributed by atoms with Crippen molar-refractivity contribution in [1.29, 1.82) is 0 Å². The van der Waals surface area contributed by atoms with Gasteiger partial charge in [0.1, 0.15) is 18.2 Å².